The van der Waals surface area contributed by atoms with E-state index >= 15 is 0 Å². The Labute approximate surface area is 142 Å². The molecule has 1 heterocycles. The second-order valence-electron chi connectivity index (χ2n) is 6.21. The Kier molecular flexibility index (Phi) is 6.96. The zero-order valence-corrected chi connectivity index (χ0v) is 14.6. The Morgan fingerprint density at radius 1 is 1.25 bits per heavy atom. The number of hydrogen-bond donors (Lipinski definition) is 0. The third-order valence-corrected chi connectivity index (χ3v) is 3.84. The van der Waals surface area contributed by atoms with Crippen LogP contribution in [0.1, 0.15) is 19.4 Å². The van der Waals surface area contributed by atoms with Crippen LogP contribution in [0, 0.1) is 17.0 Å². The molecule has 134 valence electrons. The molecule has 0 bridgehead atoms. The van der Waals surface area contributed by atoms with Crippen molar-refractivity contribution in [2.24, 2.45) is 0 Å². The molecule has 0 spiro atoms. The molecule has 7 heteroatoms. The molecule has 2 atom stereocenters. The Bertz CT molecular complexity index is 542. The standard InChI is InChI=1S/C17H26N2O5/c1-13-4-5-16(19(20)21)17(10-13)23-9-8-22-7-6-18-11-14(2)24-15(3)12-18/h4-5,10,14-15H,6-9,11-12H2,1-3H3/t14-,15-/m1/s1. The first-order valence-corrected chi connectivity index (χ1v) is 8.29. The smallest absolute Gasteiger partial charge is 0.310 e. The number of aryl methyl sites for hydroxylation is 1. The van der Waals surface area contributed by atoms with E-state index in [1.165, 1.54) is 6.07 Å². The minimum atomic E-state index is -0.434. The van der Waals surface area contributed by atoms with Gasteiger partial charge in [-0.1, -0.05) is 6.07 Å². The van der Waals surface area contributed by atoms with Crippen LogP contribution in [0.3, 0.4) is 0 Å². The molecule has 0 unspecified atom stereocenters. The molecule has 0 aliphatic carbocycles. The number of nitro benzene ring substituents is 1. The van der Waals surface area contributed by atoms with Crippen LogP contribution in [0.15, 0.2) is 18.2 Å². The number of nitrogens with zero attached hydrogens (tertiary/aromatic N) is 2. The number of morpholine rings is 1. The SMILES string of the molecule is Cc1ccc([N+](=O)[O-])c(OCCOCCN2C[C@@H](C)O[C@H](C)C2)c1. The average molecular weight is 338 g/mol. The maximum atomic E-state index is 11.0. The van der Waals surface area contributed by atoms with Crippen molar-refractivity contribution >= 4 is 5.69 Å². The molecule has 7 nitrogen and oxygen atoms in total. The van der Waals surface area contributed by atoms with E-state index < -0.39 is 4.92 Å². The van der Waals surface area contributed by atoms with Crippen molar-refractivity contribution in [2.75, 3.05) is 39.5 Å². The first kappa shape index (κ1) is 18.6. The number of nitro groups is 1. The number of hydrogen-bond acceptors (Lipinski definition) is 6. The monoisotopic (exact) mass is 338 g/mol. The van der Waals surface area contributed by atoms with Crippen LogP contribution >= 0.6 is 0 Å². The van der Waals surface area contributed by atoms with Gasteiger partial charge in [-0.25, -0.2) is 0 Å². The molecule has 1 aliphatic rings. The van der Waals surface area contributed by atoms with Gasteiger partial charge in [0.15, 0.2) is 5.75 Å². The fraction of sp³-hybridized carbons (Fsp3) is 0.647. The fourth-order valence-electron chi connectivity index (χ4n) is 2.86. The summed E-state index contributed by atoms with van der Waals surface area (Å²) in [7, 11) is 0. The van der Waals surface area contributed by atoms with E-state index in [0.29, 0.717) is 25.6 Å². The van der Waals surface area contributed by atoms with Crippen LogP contribution in [0.5, 0.6) is 5.75 Å². The third-order valence-electron chi connectivity index (χ3n) is 3.84. The molecule has 2 rings (SSSR count). The van der Waals surface area contributed by atoms with Crippen LogP contribution in [0.25, 0.3) is 0 Å². The molecule has 0 N–H and O–H groups in total. The van der Waals surface area contributed by atoms with Crippen LogP contribution in [-0.4, -0.2) is 61.5 Å². The van der Waals surface area contributed by atoms with Gasteiger partial charge in [-0.2, -0.15) is 0 Å². The van der Waals surface area contributed by atoms with Gasteiger partial charge in [-0.3, -0.25) is 15.0 Å². The summed E-state index contributed by atoms with van der Waals surface area (Å²) in [6.07, 6.45) is 0.498. The van der Waals surface area contributed by atoms with E-state index in [-0.39, 0.29) is 17.9 Å². The Balaban J connectivity index is 1.67. The minimum Gasteiger partial charge on any atom is -0.484 e. The number of rotatable bonds is 8. The number of ether oxygens (including phenoxy) is 3. The highest BCUT2D eigenvalue weighted by atomic mass is 16.6. The highest BCUT2D eigenvalue weighted by Crippen LogP contribution is 2.27. The molecule has 1 saturated heterocycles. The lowest BCUT2D eigenvalue weighted by molar-refractivity contribution is -0.385. The van der Waals surface area contributed by atoms with E-state index in [1.807, 2.05) is 6.92 Å². The van der Waals surface area contributed by atoms with Gasteiger partial charge in [-0.15, -0.1) is 0 Å². The molecule has 0 saturated carbocycles. The first-order valence-electron chi connectivity index (χ1n) is 8.29. The summed E-state index contributed by atoms with van der Waals surface area (Å²) in [5.74, 6) is 0.291. The quantitative estimate of drug-likeness (QED) is 0.412. The van der Waals surface area contributed by atoms with Gasteiger partial charge in [0.2, 0.25) is 0 Å². The maximum absolute atomic E-state index is 11.0. The van der Waals surface area contributed by atoms with Crippen LogP contribution < -0.4 is 4.74 Å². The van der Waals surface area contributed by atoms with E-state index in [2.05, 4.69) is 18.7 Å². The van der Waals surface area contributed by atoms with Crippen LogP contribution in [0.2, 0.25) is 0 Å². The number of benzene rings is 1. The predicted molar refractivity (Wildman–Crippen MR) is 90.6 cm³/mol. The molecular weight excluding hydrogens is 312 g/mol. The first-order chi connectivity index (χ1) is 11.5. The van der Waals surface area contributed by atoms with Gasteiger partial charge in [0.1, 0.15) is 6.61 Å². The average Bonchev–Trinajstić information content (AvgIpc) is 2.49. The van der Waals surface area contributed by atoms with Crippen LogP contribution in [-0.2, 0) is 9.47 Å². The summed E-state index contributed by atoms with van der Waals surface area (Å²) in [4.78, 5) is 12.9. The Morgan fingerprint density at radius 2 is 1.96 bits per heavy atom. The van der Waals surface area contributed by atoms with Gasteiger partial charge in [0.05, 0.1) is 30.3 Å². The minimum absolute atomic E-state index is 0.0168. The van der Waals surface area contributed by atoms with E-state index in [9.17, 15) is 10.1 Å². The summed E-state index contributed by atoms with van der Waals surface area (Å²) in [6, 6.07) is 4.84. The summed E-state index contributed by atoms with van der Waals surface area (Å²) in [6.45, 7) is 10.0. The van der Waals surface area contributed by atoms with E-state index in [1.54, 1.807) is 12.1 Å². The molecule has 1 aromatic carbocycles. The van der Waals surface area contributed by atoms with E-state index in [4.69, 9.17) is 14.2 Å². The summed E-state index contributed by atoms with van der Waals surface area (Å²) < 4.78 is 16.8. The fourth-order valence-corrected chi connectivity index (χ4v) is 2.86. The molecule has 1 fully saturated rings. The Hall–Kier alpha value is -1.70. The van der Waals surface area contributed by atoms with Crippen molar-refractivity contribution in [2.45, 2.75) is 33.0 Å². The summed E-state index contributed by atoms with van der Waals surface area (Å²) >= 11 is 0. The molecule has 0 amide bonds. The molecule has 0 radical (unpaired) electrons. The van der Waals surface area contributed by atoms with Crippen molar-refractivity contribution in [1.29, 1.82) is 0 Å². The van der Waals surface area contributed by atoms with Gasteiger partial charge in [-0.05, 0) is 32.4 Å². The molecular formula is C17H26N2O5. The molecule has 1 aliphatic heterocycles. The van der Waals surface area contributed by atoms with E-state index in [0.717, 1.165) is 25.2 Å². The lowest BCUT2D eigenvalue weighted by Crippen LogP contribution is -2.46. The zero-order valence-electron chi connectivity index (χ0n) is 14.6. The molecule has 1 aromatic rings. The second kappa shape index (κ2) is 8.96. The van der Waals surface area contributed by atoms with Crippen molar-refractivity contribution in [1.82, 2.24) is 4.90 Å². The van der Waals surface area contributed by atoms with Gasteiger partial charge < -0.3 is 14.2 Å². The highest BCUT2D eigenvalue weighted by Gasteiger charge is 2.21. The van der Waals surface area contributed by atoms with Crippen molar-refractivity contribution in [3.8, 4) is 5.75 Å². The summed E-state index contributed by atoms with van der Waals surface area (Å²) in [5, 5.41) is 11.0. The lowest BCUT2D eigenvalue weighted by Gasteiger charge is -2.35. The van der Waals surface area contributed by atoms with Gasteiger partial charge >= 0.3 is 5.69 Å². The zero-order chi connectivity index (χ0) is 17.5. The predicted octanol–water partition coefficient (Wildman–Crippen LogP) is 2.41. The third kappa shape index (κ3) is 5.74. The lowest BCUT2D eigenvalue weighted by atomic mass is 10.2. The van der Waals surface area contributed by atoms with Gasteiger partial charge in [0.25, 0.3) is 0 Å². The maximum Gasteiger partial charge on any atom is 0.310 e. The largest absolute Gasteiger partial charge is 0.484 e. The van der Waals surface area contributed by atoms with Crippen LogP contribution in [0.4, 0.5) is 5.69 Å². The van der Waals surface area contributed by atoms with Gasteiger partial charge in [0, 0.05) is 25.7 Å². The molecule has 0 aromatic heterocycles. The normalized spacial score (nSPS) is 21.6. The van der Waals surface area contributed by atoms with Crippen molar-refractivity contribution in [3.05, 3.63) is 33.9 Å². The summed E-state index contributed by atoms with van der Waals surface area (Å²) in [5.41, 5.74) is 0.906. The topological polar surface area (TPSA) is 74.1 Å². The van der Waals surface area contributed by atoms with Crippen molar-refractivity contribution < 1.29 is 19.1 Å². The molecule has 24 heavy (non-hydrogen) atoms. The Morgan fingerprint density at radius 3 is 2.62 bits per heavy atom. The van der Waals surface area contributed by atoms with Crippen molar-refractivity contribution in [3.63, 3.8) is 0 Å². The second-order valence-corrected chi connectivity index (χ2v) is 6.21. The highest BCUT2D eigenvalue weighted by molar-refractivity contribution is 5.48.